The van der Waals surface area contributed by atoms with Crippen molar-refractivity contribution >= 4 is 28.3 Å². The summed E-state index contributed by atoms with van der Waals surface area (Å²) in [6, 6.07) is 8.40. The minimum atomic E-state index is 0.586. The number of rotatable bonds is 2. The Bertz CT molecular complexity index is 709. The Balaban J connectivity index is 2.11. The van der Waals surface area contributed by atoms with E-state index in [0.717, 1.165) is 17.6 Å². The lowest BCUT2D eigenvalue weighted by Gasteiger charge is -2.06. The van der Waals surface area contributed by atoms with Crippen LogP contribution >= 0.6 is 11.3 Å². The van der Waals surface area contributed by atoms with Crippen LogP contribution in [0.4, 0.5) is 5.95 Å². The van der Waals surface area contributed by atoms with E-state index in [1.807, 2.05) is 0 Å². The molecule has 0 amide bonds. The van der Waals surface area contributed by atoms with Gasteiger partial charge < -0.3 is 10.3 Å². The van der Waals surface area contributed by atoms with Gasteiger partial charge in [0.1, 0.15) is 0 Å². The van der Waals surface area contributed by atoms with Gasteiger partial charge in [-0.1, -0.05) is 6.07 Å². The summed E-state index contributed by atoms with van der Waals surface area (Å²) in [7, 11) is 0. The Morgan fingerprint density at radius 2 is 2.11 bits per heavy atom. The number of thiophene rings is 1. The second kappa shape index (κ2) is 4.14. The van der Waals surface area contributed by atoms with Crippen LogP contribution in [-0.2, 0) is 6.54 Å². The smallest absolute Gasteiger partial charge is 0.201 e. The fraction of sp³-hybridized carbons (Fsp3) is 0.214. The molecule has 0 aliphatic rings. The van der Waals surface area contributed by atoms with Gasteiger partial charge in [0.05, 0.1) is 17.6 Å². The van der Waals surface area contributed by atoms with Gasteiger partial charge in [-0.05, 0) is 48.6 Å². The van der Waals surface area contributed by atoms with E-state index in [-0.39, 0.29) is 0 Å². The Labute approximate surface area is 110 Å². The van der Waals surface area contributed by atoms with Gasteiger partial charge in [-0.15, -0.1) is 11.3 Å². The molecule has 0 aliphatic heterocycles. The first-order valence-corrected chi connectivity index (χ1v) is 6.78. The lowest BCUT2D eigenvalue weighted by molar-refractivity contribution is 0.848. The highest BCUT2D eigenvalue weighted by Crippen LogP contribution is 2.23. The molecule has 4 heteroatoms. The van der Waals surface area contributed by atoms with Crippen molar-refractivity contribution in [3.05, 3.63) is 45.6 Å². The summed E-state index contributed by atoms with van der Waals surface area (Å²) in [5, 5.41) is 2.12. The number of nitrogen functional groups attached to an aromatic ring is 1. The lowest BCUT2D eigenvalue weighted by Crippen LogP contribution is -2.04. The molecule has 0 radical (unpaired) electrons. The quantitative estimate of drug-likeness (QED) is 0.765. The molecule has 92 valence electrons. The molecule has 0 spiro atoms. The molecule has 1 aromatic carbocycles. The number of imidazole rings is 1. The van der Waals surface area contributed by atoms with Crippen molar-refractivity contribution in [2.24, 2.45) is 0 Å². The van der Waals surface area contributed by atoms with Crippen molar-refractivity contribution in [1.82, 2.24) is 9.55 Å². The third-order valence-corrected chi connectivity index (χ3v) is 4.21. The second-order valence-electron chi connectivity index (χ2n) is 4.58. The predicted molar refractivity (Wildman–Crippen MR) is 77.0 cm³/mol. The molecule has 0 saturated carbocycles. The van der Waals surface area contributed by atoms with E-state index >= 15 is 0 Å². The zero-order valence-electron chi connectivity index (χ0n) is 10.5. The Morgan fingerprint density at radius 1 is 1.28 bits per heavy atom. The van der Waals surface area contributed by atoms with Gasteiger partial charge in [0, 0.05) is 4.88 Å². The molecular weight excluding hydrogens is 242 g/mol. The average molecular weight is 257 g/mol. The van der Waals surface area contributed by atoms with E-state index in [1.54, 1.807) is 11.3 Å². The van der Waals surface area contributed by atoms with Gasteiger partial charge in [-0.2, -0.15) is 0 Å². The summed E-state index contributed by atoms with van der Waals surface area (Å²) in [6.45, 7) is 5.00. The zero-order chi connectivity index (χ0) is 12.7. The third kappa shape index (κ3) is 1.78. The number of nitrogens with zero attached hydrogens (tertiary/aromatic N) is 2. The van der Waals surface area contributed by atoms with Crippen LogP contribution in [0.5, 0.6) is 0 Å². The first-order chi connectivity index (χ1) is 8.65. The number of fused-ring (bicyclic) bond motifs is 1. The molecule has 0 saturated heterocycles. The Hall–Kier alpha value is -1.81. The molecular formula is C14H15N3S. The maximum atomic E-state index is 6.03. The van der Waals surface area contributed by atoms with Crippen LogP contribution in [0.3, 0.4) is 0 Å². The number of nitrogens with two attached hydrogens (primary N) is 1. The van der Waals surface area contributed by atoms with Crippen LogP contribution in [-0.4, -0.2) is 9.55 Å². The van der Waals surface area contributed by atoms with Crippen LogP contribution in [0.25, 0.3) is 11.0 Å². The molecule has 0 atom stereocenters. The van der Waals surface area contributed by atoms with E-state index in [4.69, 9.17) is 5.73 Å². The Morgan fingerprint density at radius 3 is 2.83 bits per heavy atom. The molecule has 18 heavy (non-hydrogen) atoms. The highest BCUT2D eigenvalue weighted by atomic mass is 32.1. The van der Waals surface area contributed by atoms with Gasteiger partial charge in [-0.25, -0.2) is 4.98 Å². The van der Waals surface area contributed by atoms with Crippen molar-refractivity contribution in [2.75, 3.05) is 5.73 Å². The molecule has 3 nitrogen and oxygen atoms in total. The molecule has 0 fully saturated rings. The third-order valence-electron chi connectivity index (χ3n) is 3.20. The van der Waals surface area contributed by atoms with E-state index in [9.17, 15) is 0 Å². The molecule has 3 rings (SSSR count). The summed E-state index contributed by atoms with van der Waals surface area (Å²) >= 11 is 1.76. The molecule has 0 unspecified atom stereocenters. The first-order valence-electron chi connectivity index (χ1n) is 5.90. The number of aryl methyl sites for hydroxylation is 2. The lowest BCUT2D eigenvalue weighted by atomic mass is 10.2. The van der Waals surface area contributed by atoms with Gasteiger partial charge >= 0.3 is 0 Å². The fourth-order valence-electron chi connectivity index (χ4n) is 2.13. The molecule has 0 aliphatic carbocycles. The van der Waals surface area contributed by atoms with Gasteiger partial charge in [0.25, 0.3) is 0 Å². The fourth-order valence-corrected chi connectivity index (χ4v) is 3.03. The average Bonchev–Trinajstić information content (AvgIpc) is 2.85. The molecule has 0 bridgehead atoms. The topological polar surface area (TPSA) is 43.8 Å². The SMILES string of the molecule is Cc1ccc2c(c1)nc(N)n2Cc1sccc1C. The largest absolute Gasteiger partial charge is 0.369 e. The summed E-state index contributed by atoms with van der Waals surface area (Å²) in [5.41, 5.74) is 10.6. The first kappa shape index (κ1) is 11.3. The summed E-state index contributed by atoms with van der Waals surface area (Å²) in [4.78, 5) is 5.76. The number of hydrogen-bond donors (Lipinski definition) is 1. The highest BCUT2D eigenvalue weighted by molar-refractivity contribution is 7.10. The molecule has 2 heterocycles. The van der Waals surface area contributed by atoms with Gasteiger partial charge in [0.2, 0.25) is 5.95 Å². The van der Waals surface area contributed by atoms with Crippen LogP contribution in [0.15, 0.2) is 29.6 Å². The minimum Gasteiger partial charge on any atom is -0.369 e. The Kier molecular flexibility index (Phi) is 2.59. The van der Waals surface area contributed by atoms with Gasteiger partial charge in [-0.3, -0.25) is 0 Å². The number of anilines is 1. The normalized spacial score (nSPS) is 11.2. The van der Waals surface area contributed by atoms with Crippen molar-refractivity contribution in [1.29, 1.82) is 0 Å². The monoisotopic (exact) mass is 257 g/mol. The number of hydrogen-bond acceptors (Lipinski definition) is 3. The highest BCUT2D eigenvalue weighted by Gasteiger charge is 2.10. The maximum absolute atomic E-state index is 6.03. The summed E-state index contributed by atoms with van der Waals surface area (Å²) in [5.74, 6) is 0.586. The second-order valence-corrected chi connectivity index (χ2v) is 5.58. The van der Waals surface area contributed by atoms with Crippen molar-refractivity contribution in [3.8, 4) is 0 Å². The van der Waals surface area contributed by atoms with Crippen LogP contribution in [0.1, 0.15) is 16.0 Å². The van der Waals surface area contributed by atoms with E-state index in [0.29, 0.717) is 5.95 Å². The van der Waals surface area contributed by atoms with E-state index in [1.165, 1.54) is 16.0 Å². The number of aromatic nitrogens is 2. The molecule has 2 N–H and O–H groups in total. The van der Waals surface area contributed by atoms with Crippen molar-refractivity contribution in [3.63, 3.8) is 0 Å². The van der Waals surface area contributed by atoms with Gasteiger partial charge in [0.15, 0.2) is 0 Å². The summed E-state index contributed by atoms with van der Waals surface area (Å²) < 4.78 is 2.08. The minimum absolute atomic E-state index is 0.586. The van der Waals surface area contributed by atoms with Crippen LogP contribution in [0.2, 0.25) is 0 Å². The maximum Gasteiger partial charge on any atom is 0.201 e. The molecule has 3 aromatic rings. The number of benzene rings is 1. The molecule has 2 aromatic heterocycles. The van der Waals surface area contributed by atoms with Crippen LogP contribution in [0, 0.1) is 13.8 Å². The zero-order valence-corrected chi connectivity index (χ0v) is 11.3. The van der Waals surface area contributed by atoms with Crippen molar-refractivity contribution in [2.45, 2.75) is 20.4 Å². The predicted octanol–water partition coefficient (Wildman–Crippen LogP) is 3.35. The summed E-state index contributed by atoms with van der Waals surface area (Å²) in [6.07, 6.45) is 0. The van der Waals surface area contributed by atoms with E-state index in [2.05, 4.69) is 53.0 Å². The van der Waals surface area contributed by atoms with Crippen molar-refractivity contribution < 1.29 is 0 Å². The van der Waals surface area contributed by atoms with Crippen LogP contribution < -0.4 is 5.73 Å². The standard InChI is InChI=1S/C14H15N3S/c1-9-3-4-12-11(7-9)16-14(15)17(12)8-13-10(2)5-6-18-13/h3-7H,8H2,1-2H3,(H2,15,16). The van der Waals surface area contributed by atoms with E-state index < -0.39 is 0 Å².